The number of nitrogens with zero attached hydrogens (tertiary/aromatic N) is 4. The summed E-state index contributed by atoms with van der Waals surface area (Å²) < 4.78 is 2.15. The number of rotatable bonds is 3. The summed E-state index contributed by atoms with van der Waals surface area (Å²) in [6, 6.07) is 6.39. The highest BCUT2D eigenvalue weighted by Gasteiger charge is 2.17. The number of nitrogens with one attached hydrogen (secondary N) is 1. The standard InChI is InChI=1S/C17H22N6/c18-17(19-11-16-22-21-15-9-4-10-23(15)16)20-14-8-3-6-12-5-1-2-7-13(12)14/h3,6,8H,1-2,4-5,7,9-11H2,(H3,18,19,20). The van der Waals surface area contributed by atoms with Gasteiger partial charge >= 0.3 is 0 Å². The van der Waals surface area contributed by atoms with Crippen LogP contribution >= 0.6 is 0 Å². The van der Waals surface area contributed by atoms with Gasteiger partial charge in [-0.3, -0.25) is 0 Å². The third-order valence-electron chi connectivity index (χ3n) is 4.74. The van der Waals surface area contributed by atoms with Gasteiger partial charge < -0.3 is 15.6 Å². The molecular formula is C17H22N6. The predicted octanol–water partition coefficient (Wildman–Crippen LogP) is 2.03. The SMILES string of the molecule is NC(=NCc1nnc2n1CCC2)Nc1cccc2c1CCCC2. The first kappa shape index (κ1) is 14.2. The lowest BCUT2D eigenvalue weighted by atomic mass is 9.90. The summed E-state index contributed by atoms with van der Waals surface area (Å²) in [6.45, 7) is 1.47. The van der Waals surface area contributed by atoms with E-state index in [0.717, 1.165) is 49.6 Å². The van der Waals surface area contributed by atoms with Crippen molar-refractivity contribution in [2.45, 2.75) is 51.6 Å². The second kappa shape index (κ2) is 6.02. The van der Waals surface area contributed by atoms with E-state index < -0.39 is 0 Å². The minimum absolute atomic E-state index is 0.444. The first-order valence-corrected chi connectivity index (χ1v) is 8.40. The van der Waals surface area contributed by atoms with Gasteiger partial charge in [0.05, 0.1) is 0 Å². The molecule has 2 aromatic rings. The van der Waals surface area contributed by atoms with Crippen molar-refractivity contribution in [2.75, 3.05) is 5.32 Å². The molecule has 0 unspecified atom stereocenters. The van der Waals surface area contributed by atoms with Crippen molar-refractivity contribution in [1.29, 1.82) is 0 Å². The van der Waals surface area contributed by atoms with Crippen LogP contribution in [-0.4, -0.2) is 20.7 Å². The van der Waals surface area contributed by atoms with Crippen LogP contribution in [0.4, 0.5) is 5.69 Å². The van der Waals surface area contributed by atoms with Gasteiger partial charge in [0, 0.05) is 18.7 Å². The Morgan fingerprint density at radius 2 is 2.09 bits per heavy atom. The number of nitrogens with two attached hydrogens (primary N) is 1. The molecule has 6 heteroatoms. The molecule has 4 rings (SSSR count). The molecule has 0 atom stereocenters. The van der Waals surface area contributed by atoms with Gasteiger partial charge in [-0.2, -0.15) is 0 Å². The molecule has 0 fully saturated rings. The van der Waals surface area contributed by atoms with E-state index in [1.54, 1.807) is 0 Å². The smallest absolute Gasteiger partial charge is 0.193 e. The Hall–Kier alpha value is -2.37. The summed E-state index contributed by atoms with van der Waals surface area (Å²) in [5.41, 5.74) is 10.00. The monoisotopic (exact) mass is 310 g/mol. The van der Waals surface area contributed by atoms with E-state index in [-0.39, 0.29) is 0 Å². The summed E-state index contributed by atoms with van der Waals surface area (Å²) in [7, 11) is 0. The highest BCUT2D eigenvalue weighted by Crippen LogP contribution is 2.27. The number of anilines is 1. The molecule has 3 N–H and O–H groups in total. The Balaban J connectivity index is 1.48. The molecule has 0 amide bonds. The van der Waals surface area contributed by atoms with Crippen LogP contribution in [0, 0.1) is 0 Å². The van der Waals surface area contributed by atoms with Gasteiger partial charge in [-0.1, -0.05) is 12.1 Å². The molecule has 1 aliphatic heterocycles. The fourth-order valence-electron chi connectivity index (χ4n) is 3.56. The Bertz CT molecular complexity index is 746. The number of aromatic nitrogens is 3. The zero-order valence-electron chi connectivity index (χ0n) is 13.3. The minimum atomic E-state index is 0.444. The number of fused-ring (bicyclic) bond motifs is 2. The third-order valence-corrected chi connectivity index (χ3v) is 4.74. The van der Waals surface area contributed by atoms with Crippen LogP contribution in [0.2, 0.25) is 0 Å². The van der Waals surface area contributed by atoms with E-state index in [9.17, 15) is 0 Å². The van der Waals surface area contributed by atoms with E-state index in [0.29, 0.717) is 12.5 Å². The van der Waals surface area contributed by atoms with E-state index in [1.807, 2.05) is 0 Å². The average Bonchev–Trinajstić information content (AvgIpc) is 3.17. The van der Waals surface area contributed by atoms with Gasteiger partial charge in [-0.25, -0.2) is 4.99 Å². The number of guanidine groups is 1. The largest absolute Gasteiger partial charge is 0.370 e. The number of aliphatic imine (C=N–C) groups is 1. The van der Waals surface area contributed by atoms with Gasteiger partial charge in [0.1, 0.15) is 12.4 Å². The van der Waals surface area contributed by atoms with Gasteiger partial charge in [0.2, 0.25) is 0 Å². The average molecular weight is 310 g/mol. The van der Waals surface area contributed by atoms with Gasteiger partial charge in [-0.05, 0) is 49.3 Å². The number of benzene rings is 1. The molecule has 0 saturated heterocycles. The van der Waals surface area contributed by atoms with Crippen LogP contribution in [0.3, 0.4) is 0 Å². The van der Waals surface area contributed by atoms with Crippen LogP contribution in [0.15, 0.2) is 23.2 Å². The first-order valence-electron chi connectivity index (χ1n) is 8.40. The molecule has 2 aliphatic rings. The Kier molecular flexibility index (Phi) is 3.73. The lowest BCUT2D eigenvalue weighted by molar-refractivity contribution is 0.686. The summed E-state index contributed by atoms with van der Waals surface area (Å²) in [5, 5.41) is 11.7. The van der Waals surface area contributed by atoms with Crippen molar-refractivity contribution in [2.24, 2.45) is 10.7 Å². The fourth-order valence-corrected chi connectivity index (χ4v) is 3.56. The number of hydrogen-bond donors (Lipinski definition) is 2. The van der Waals surface area contributed by atoms with Crippen LogP contribution in [0.25, 0.3) is 0 Å². The Morgan fingerprint density at radius 3 is 3.04 bits per heavy atom. The second-order valence-electron chi connectivity index (χ2n) is 6.26. The molecule has 0 saturated carbocycles. The molecule has 0 bridgehead atoms. The van der Waals surface area contributed by atoms with E-state index in [2.05, 4.69) is 43.3 Å². The maximum absolute atomic E-state index is 6.08. The molecule has 120 valence electrons. The van der Waals surface area contributed by atoms with Crippen LogP contribution < -0.4 is 11.1 Å². The second-order valence-corrected chi connectivity index (χ2v) is 6.26. The Labute approximate surface area is 135 Å². The van der Waals surface area contributed by atoms with Crippen LogP contribution in [-0.2, 0) is 32.4 Å². The molecule has 2 heterocycles. The molecule has 1 aliphatic carbocycles. The van der Waals surface area contributed by atoms with Crippen molar-refractivity contribution in [1.82, 2.24) is 14.8 Å². The van der Waals surface area contributed by atoms with Crippen molar-refractivity contribution >= 4 is 11.6 Å². The van der Waals surface area contributed by atoms with Gasteiger partial charge in [0.25, 0.3) is 0 Å². The normalized spacial score (nSPS) is 17.0. The maximum Gasteiger partial charge on any atom is 0.193 e. The number of aryl methyl sites for hydroxylation is 2. The van der Waals surface area contributed by atoms with Crippen molar-refractivity contribution in [3.05, 3.63) is 41.0 Å². The molecule has 0 spiro atoms. The predicted molar refractivity (Wildman–Crippen MR) is 90.4 cm³/mol. The van der Waals surface area contributed by atoms with Gasteiger partial charge in [-0.15, -0.1) is 10.2 Å². The van der Waals surface area contributed by atoms with E-state index in [1.165, 1.54) is 24.0 Å². The van der Waals surface area contributed by atoms with E-state index in [4.69, 9.17) is 5.73 Å². The summed E-state index contributed by atoms with van der Waals surface area (Å²) in [4.78, 5) is 4.45. The van der Waals surface area contributed by atoms with E-state index >= 15 is 0 Å². The molecule has 23 heavy (non-hydrogen) atoms. The van der Waals surface area contributed by atoms with Crippen molar-refractivity contribution in [3.8, 4) is 0 Å². The highest BCUT2D eigenvalue weighted by atomic mass is 15.3. The maximum atomic E-state index is 6.08. The zero-order valence-corrected chi connectivity index (χ0v) is 13.3. The fraction of sp³-hybridized carbons (Fsp3) is 0.471. The zero-order chi connectivity index (χ0) is 15.6. The lowest BCUT2D eigenvalue weighted by Gasteiger charge is -2.19. The quantitative estimate of drug-likeness (QED) is 0.671. The minimum Gasteiger partial charge on any atom is -0.370 e. The molecule has 0 radical (unpaired) electrons. The van der Waals surface area contributed by atoms with Crippen molar-refractivity contribution < 1.29 is 0 Å². The van der Waals surface area contributed by atoms with Crippen molar-refractivity contribution in [3.63, 3.8) is 0 Å². The topological polar surface area (TPSA) is 81.1 Å². The van der Waals surface area contributed by atoms with Crippen LogP contribution in [0.5, 0.6) is 0 Å². The first-order chi connectivity index (χ1) is 11.3. The molecule has 1 aromatic heterocycles. The molecule has 6 nitrogen and oxygen atoms in total. The number of hydrogen-bond acceptors (Lipinski definition) is 3. The Morgan fingerprint density at radius 1 is 1.17 bits per heavy atom. The molecule has 1 aromatic carbocycles. The summed E-state index contributed by atoms with van der Waals surface area (Å²) >= 11 is 0. The summed E-state index contributed by atoms with van der Waals surface area (Å²) in [5.74, 6) is 2.41. The van der Waals surface area contributed by atoms with Gasteiger partial charge in [0.15, 0.2) is 11.8 Å². The molecular weight excluding hydrogens is 288 g/mol. The third kappa shape index (κ3) is 2.81. The summed E-state index contributed by atoms with van der Waals surface area (Å²) in [6.07, 6.45) is 6.95. The van der Waals surface area contributed by atoms with Crippen LogP contribution in [0.1, 0.15) is 42.0 Å². The lowest BCUT2D eigenvalue weighted by Crippen LogP contribution is -2.24. The highest BCUT2D eigenvalue weighted by molar-refractivity contribution is 5.93.